The third-order valence-corrected chi connectivity index (χ3v) is 7.15. The first-order valence-electron chi connectivity index (χ1n) is 12.4. The number of hydrogen-bond donors (Lipinski definition) is 2. The number of amides is 1. The average Bonchev–Trinajstić information content (AvgIpc) is 2.90. The lowest BCUT2D eigenvalue weighted by Crippen LogP contribution is -2.44. The minimum atomic E-state index is -0.380. The molecule has 4 heterocycles. The first-order chi connectivity index (χ1) is 17.9. The summed E-state index contributed by atoms with van der Waals surface area (Å²) in [7, 11) is 0. The van der Waals surface area contributed by atoms with Gasteiger partial charge in [0, 0.05) is 43.0 Å². The number of nitrogen functional groups attached to an aromatic ring is 1. The molecule has 0 spiro atoms. The number of anilines is 1. The van der Waals surface area contributed by atoms with Gasteiger partial charge in [0.1, 0.15) is 10.9 Å². The molecule has 1 aliphatic heterocycles. The summed E-state index contributed by atoms with van der Waals surface area (Å²) in [5, 5.41) is 3.80. The summed E-state index contributed by atoms with van der Waals surface area (Å²) in [4.78, 5) is 34.0. The second-order valence-corrected chi connectivity index (χ2v) is 9.62. The van der Waals surface area contributed by atoms with Gasteiger partial charge in [-0.05, 0) is 37.1 Å². The molecule has 37 heavy (non-hydrogen) atoms. The maximum atomic E-state index is 13.5. The molecule has 5 rings (SSSR count). The van der Waals surface area contributed by atoms with Crippen LogP contribution in [-0.4, -0.2) is 53.0 Å². The Labute approximate surface area is 219 Å². The molecule has 4 aromatic rings. The smallest absolute Gasteiger partial charge is 0.278 e. The number of pyridine rings is 2. The highest BCUT2D eigenvalue weighted by atomic mass is 35.5. The Hall–Kier alpha value is -3.53. The van der Waals surface area contributed by atoms with E-state index in [1.165, 1.54) is 4.40 Å². The highest BCUT2D eigenvalue weighted by Crippen LogP contribution is 2.18. The predicted octanol–water partition coefficient (Wildman–Crippen LogP) is 2.33. The van der Waals surface area contributed by atoms with Crippen LogP contribution in [0.15, 0.2) is 53.5 Å². The Morgan fingerprint density at radius 3 is 2.78 bits per heavy atom. The summed E-state index contributed by atoms with van der Waals surface area (Å²) in [6.45, 7) is 6.73. The number of nitrogens with one attached hydrogen (secondary N) is 1. The largest absolute Gasteiger partial charge is 0.379 e. The second kappa shape index (κ2) is 10.8. The zero-order valence-electron chi connectivity index (χ0n) is 20.7. The molecule has 3 N–H and O–H groups in total. The van der Waals surface area contributed by atoms with Gasteiger partial charge in [0.05, 0.1) is 19.8 Å². The molecule has 3 aromatic heterocycles. The fraction of sp³-hybridized carbons (Fsp3) is 0.333. The molecule has 0 aliphatic carbocycles. The number of carbonyl (C=O) groups excluding carboxylic acids is 1. The van der Waals surface area contributed by atoms with E-state index in [9.17, 15) is 9.59 Å². The molecule has 9 nitrogen and oxygen atoms in total. The van der Waals surface area contributed by atoms with Gasteiger partial charge < -0.3 is 15.8 Å². The summed E-state index contributed by atoms with van der Waals surface area (Å²) in [5.41, 5.74) is 9.29. The minimum Gasteiger partial charge on any atom is -0.379 e. The SMILES string of the molecule is Cc1cccn2c(=O)c3cc(C(=O)NCc4ccccc4Cl)c(N)[n+](CCCN4CCOCC4)c3nc12. The van der Waals surface area contributed by atoms with Crippen LogP contribution in [0, 0.1) is 6.92 Å². The summed E-state index contributed by atoms with van der Waals surface area (Å²) >= 11 is 6.25. The molecule has 10 heteroatoms. The fourth-order valence-electron chi connectivity index (χ4n) is 4.71. The molecule has 0 unspecified atom stereocenters. The number of morpholine rings is 1. The van der Waals surface area contributed by atoms with Crippen molar-refractivity contribution in [2.75, 3.05) is 38.6 Å². The molecular formula is C27H30ClN6O3+. The molecule has 0 saturated carbocycles. The van der Waals surface area contributed by atoms with Crippen LogP contribution < -0.4 is 21.2 Å². The molecular weight excluding hydrogens is 492 g/mol. The van der Waals surface area contributed by atoms with Crippen molar-refractivity contribution in [2.45, 2.75) is 26.4 Å². The standard InChI is InChI=1S/C27H29ClN6O3/c1-18-6-4-10-34-24(18)31-25-21(27(34)36)16-20(26(35)30-17-19-7-2-3-8-22(19)28)23(29)33(25)11-5-9-32-12-14-37-15-13-32/h2-4,6-8,10,16,29H,5,9,11-15,17H2,1H3,(H,30,35)/p+1. The van der Waals surface area contributed by atoms with Gasteiger partial charge in [-0.2, -0.15) is 0 Å². The number of aryl methyl sites for hydroxylation is 2. The Morgan fingerprint density at radius 1 is 1.22 bits per heavy atom. The van der Waals surface area contributed by atoms with Gasteiger partial charge in [0.2, 0.25) is 11.5 Å². The normalized spacial score (nSPS) is 14.3. The van der Waals surface area contributed by atoms with Gasteiger partial charge in [0.25, 0.3) is 17.1 Å². The van der Waals surface area contributed by atoms with E-state index >= 15 is 0 Å². The monoisotopic (exact) mass is 521 g/mol. The molecule has 0 radical (unpaired) electrons. The van der Waals surface area contributed by atoms with E-state index in [1.807, 2.05) is 37.3 Å². The lowest BCUT2D eigenvalue weighted by atomic mass is 10.1. The highest BCUT2D eigenvalue weighted by Gasteiger charge is 2.25. The quantitative estimate of drug-likeness (QED) is 0.286. The molecule has 1 amide bonds. The number of carbonyl (C=O) groups is 1. The zero-order chi connectivity index (χ0) is 25.9. The fourth-order valence-corrected chi connectivity index (χ4v) is 4.91. The maximum absolute atomic E-state index is 13.5. The molecule has 0 atom stereocenters. The Morgan fingerprint density at radius 2 is 2.00 bits per heavy atom. The average molecular weight is 522 g/mol. The molecule has 0 bridgehead atoms. The van der Waals surface area contributed by atoms with Crippen molar-refractivity contribution >= 4 is 40.0 Å². The number of nitrogens with two attached hydrogens (primary N) is 1. The molecule has 1 saturated heterocycles. The summed E-state index contributed by atoms with van der Waals surface area (Å²) in [6, 6.07) is 12.6. The van der Waals surface area contributed by atoms with Crippen LogP contribution in [0.4, 0.5) is 5.82 Å². The van der Waals surface area contributed by atoms with Gasteiger partial charge in [-0.1, -0.05) is 40.9 Å². The van der Waals surface area contributed by atoms with Gasteiger partial charge in [-0.3, -0.25) is 18.9 Å². The van der Waals surface area contributed by atoms with Crippen LogP contribution in [0.1, 0.15) is 27.9 Å². The van der Waals surface area contributed by atoms with Crippen molar-refractivity contribution in [2.24, 2.45) is 0 Å². The van der Waals surface area contributed by atoms with Gasteiger partial charge in [-0.15, -0.1) is 0 Å². The maximum Gasteiger partial charge on any atom is 0.278 e. The Balaban J connectivity index is 1.54. The van der Waals surface area contributed by atoms with Gasteiger partial charge in [-0.25, -0.2) is 4.57 Å². The summed E-state index contributed by atoms with van der Waals surface area (Å²) in [6.07, 6.45) is 2.47. The van der Waals surface area contributed by atoms with Crippen molar-refractivity contribution in [3.8, 4) is 0 Å². The Kier molecular flexibility index (Phi) is 7.36. The van der Waals surface area contributed by atoms with Crippen molar-refractivity contribution in [1.29, 1.82) is 0 Å². The van der Waals surface area contributed by atoms with E-state index in [1.54, 1.807) is 22.9 Å². The molecule has 1 fully saturated rings. The molecule has 1 aromatic carbocycles. The van der Waals surface area contributed by atoms with Crippen LogP contribution in [0.2, 0.25) is 5.02 Å². The van der Waals surface area contributed by atoms with E-state index in [0.29, 0.717) is 28.2 Å². The lowest BCUT2D eigenvalue weighted by molar-refractivity contribution is -0.659. The number of aromatic nitrogens is 3. The number of ether oxygens (including phenoxy) is 1. The third-order valence-electron chi connectivity index (χ3n) is 6.78. The van der Waals surface area contributed by atoms with E-state index in [4.69, 9.17) is 27.1 Å². The predicted molar refractivity (Wildman–Crippen MR) is 143 cm³/mol. The van der Waals surface area contributed by atoms with E-state index in [-0.39, 0.29) is 29.4 Å². The highest BCUT2D eigenvalue weighted by molar-refractivity contribution is 6.31. The lowest BCUT2D eigenvalue weighted by Gasteiger charge is -2.26. The molecule has 192 valence electrons. The van der Waals surface area contributed by atoms with Crippen LogP contribution in [0.25, 0.3) is 16.7 Å². The van der Waals surface area contributed by atoms with Gasteiger partial charge >= 0.3 is 0 Å². The first-order valence-corrected chi connectivity index (χ1v) is 12.8. The number of fused-ring (bicyclic) bond motifs is 2. The van der Waals surface area contributed by atoms with E-state index < -0.39 is 0 Å². The van der Waals surface area contributed by atoms with Crippen molar-refractivity contribution in [3.05, 3.63) is 80.7 Å². The third kappa shape index (κ3) is 5.16. The van der Waals surface area contributed by atoms with E-state index in [0.717, 1.165) is 50.4 Å². The summed E-state index contributed by atoms with van der Waals surface area (Å²) in [5.74, 6) is -0.106. The van der Waals surface area contributed by atoms with Crippen molar-refractivity contribution < 1.29 is 14.1 Å². The van der Waals surface area contributed by atoms with Crippen LogP contribution in [-0.2, 0) is 17.8 Å². The topological polar surface area (TPSA) is 106 Å². The van der Waals surface area contributed by atoms with Crippen molar-refractivity contribution in [1.82, 2.24) is 19.6 Å². The molecule has 1 aliphatic rings. The minimum absolute atomic E-state index is 0.234. The zero-order valence-corrected chi connectivity index (χ0v) is 21.5. The summed E-state index contributed by atoms with van der Waals surface area (Å²) < 4.78 is 8.75. The van der Waals surface area contributed by atoms with Crippen LogP contribution >= 0.6 is 11.6 Å². The first kappa shape index (κ1) is 25.1. The number of nitrogens with zero attached hydrogens (tertiary/aromatic N) is 4. The number of rotatable bonds is 7. The van der Waals surface area contributed by atoms with Gasteiger partial charge in [0.15, 0.2) is 0 Å². The van der Waals surface area contributed by atoms with Crippen LogP contribution in [0.3, 0.4) is 0 Å². The second-order valence-electron chi connectivity index (χ2n) is 9.22. The van der Waals surface area contributed by atoms with Crippen molar-refractivity contribution in [3.63, 3.8) is 0 Å². The Bertz CT molecular complexity index is 1530. The number of benzene rings is 1. The number of halogens is 1. The van der Waals surface area contributed by atoms with Crippen LogP contribution in [0.5, 0.6) is 0 Å². The van der Waals surface area contributed by atoms with E-state index in [2.05, 4.69) is 10.2 Å². The number of hydrogen-bond acceptors (Lipinski definition) is 6.